The molecule has 2 aliphatic rings. The molecule has 4 nitrogen and oxygen atoms in total. The number of carbonyl (C=O) groups excluding carboxylic acids is 1. The molecule has 0 unspecified atom stereocenters. The molecule has 2 atom stereocenters. The summed E-state index contributed by atoms with van der Waals surface area (Å²) in [6, 6.07) is 9.54. The number of benzene rings is 1. The second-order valence-electron chi connectivity index (χ2n) is 5.74. The van der Waals surface area contributed by atoms with Crippen molar-refractivity contribution in [2.75, 3.05) is 32.8 Å². The smallest absolute Gasteiger partial charge is 0.260 e. The SMILES string of the molecule is Cl.O=C(COc1ccccc1)N1CC[C@@H]2CNC[C@@H]2CC1. The van der Waals surface area contributed by atoms with E-state index in [0.717, 1.165) is 56.6 Å². The van der Waals surface area contributed by atoms with Crippen molar-refractivity contribution in [3.05, 3.63) is 30.3 Å². The average Bonchev–Trinajstić information content (AvgIpc) is 2.84. The molecule has 0 aliphatic carbocycles. The minimum atomic E-state index is 0. The third-order valence-corrected chi connectivity index (χ3v) is 4.48. The molecule has 1 aromatic rings. The Bertz CT molecular complexity index is 441. The third-order valence-electron chi connectivity index (χ3n) is 4.48. The van der Waals surface area contributed by atoms with E-state index in [2.05, 4.69) is 5.32 Å². The van der Waals surface area contributed by atoms with Gasteiger partial charge in [0.1, 0.15) is 5.75 Å². The Balaban J connectivity index is 0.00000161. The van der Waals surface area contributed by atoms with Crippen LogP contribution in [0.15, 0.2) is 30.3 Å². The van der Waals surface area contributed by atoms with Gasteiger partial charge < -0.3 is 15.0 Å². The van der Waals surface area contributed by atoms with Crippen LogP contribution in [0, 0.1) is 11.8 Å². The largest absolute Gasteiger partial charge is 0.484 e. The normalized spacial score (nSPS) is 24.7. The maximum atomic E-state index is 12.2. The number of nitrogens with zero attached hydrogens (tertiary/aromatic N) is 1. The Hall–Kier alpha value is -1.26. The molecule has 2 saturated heterocycles. The Morgan fingerprint density at radius 3 is 2.38 bits per heavy atom. The van der Waals surface area contributed by atoms with Gasteiger partial charge in [-0.15, -0.1) is 12.4 Å². The van der Waals surface area contributed by atoms with Gasteiger partial charge in [0.25, 0.3) is 5.91 Å². The van der Waals surface area contributed by atoms with Crippen molar-refractivity contribution in [2.24, 2.45) is 11.8 Å². The van der Waals surface area contributed by atoms with E-state index in [9.17, 15) is 4.79 Å². The molecule has 0 bridgehead atoms. The predicted molar refractivity (Wildman–Crippen MR) is 84.8 cm³/mol. The summed E-state index contributed by atoms with van der Waals surface area (Å²) in [5, 5.41) is 3.45. The van der Waals surface area contributed by atoms with Crippen molar-refractivity contribution in [1.82, 2.24) is 10.2 Å². The number of halogens is 1. The summed E-state index contributed by atoms with van der Waals surface area (Å²) in [6.45, 7) is 4.14. The Labute approximate surface area is 132 Å². The molecule has 116 valence electrons. The number of amides is 1. The van der Waals surface area contributed by atoms with E-state index < -0.39 is 0 Å². The molecule has 2 aliphatic heterocycles. The fourth-order valence-electron chi connectivity index (χ4n) is 3.22. The lowest BCUT2D eigenvalue weighted by molar-refractivity contribution is -0.133. The van der Waals surface area contributed by atoms with Crippen molar-refractivity contribution < 1.29 is 9.53 Å². The van der Waals surface area contributed by atoms with Crippen LogP contribution in [-0.4, -0.2) is 43.6 Å². The van der Waals surface area contributed by atoms with Crippen LogP contribution in [-0.2, 0) is 4.79 Å². The lowest BCUT2D eigenvalue weighted by Crippen LogP contribution is -2.36. The minimum Gasteiger partial charge on any atom is -0.484 e. The molecular weight excluding hydrogens is 288 g/mol. The summed E-state index contributed by atoms with van der Waals surface area (Å²) in [5.41, 5.74) is 0. The molecule has 0 radical (unpaired) electrons. The number of nitrogens with one attached hydrogen (secondary N) is 1. The first-order chi connectivity index (χ1) is 9.83. The fraction of sp³-hybridized carbons (Fsp3) is 0.562. The lowest BCUT2D eigenvalue weighted by Gasteiger charge is -2.21. The van der Waals surface area contributed by atoms with Gasteiger partial charge in [-0.2, -0.15) is 0 Å². The van der Waals surface area contributed by atoms with E-state index in [1.54, 1.807) is 0 Å². The summed E-state index contributed by atoms with van der Waals surface area (Å²) in [4.78, 5) is 14.2. The average molecular weight is 311 g/mol. The van der Waals surface area contributed by atoms with Crippen molar-refractivity contribution in [2.45, 2.75) is 12.8 Å². The Morgan fingerprint density at radius 1 is 1.14 bits per heavy atom. The fourth-order valence-corrected chi connectivity index (χ4v) is 3.22. The van der Waals surface area contributed by atoms with E-state index in [0.29, 0.717) is 0 Å². The van der Waals surface area contributed by atoms with E-state index >= 15 is 0 Å². The van der Waals surface area contributed by atoms with Gasteiger partial charge in [-0.05, 0) is 49.9 Å². The van der Waals surface area contributed by atoms with Crippen LogP contribution < -0.4 is 10.1 Å². The van der Waals surface area contributed by atoms with E-state index in [1.165, 1.54) is 0 Å². The van der Waals surface area contributed by atoms with Gasteiger partial charge in [0.2, 0.25) is 0 Å². The molecule has 1 amide bonds. The third kappa shape index (κ3) is 4.11. The number of ether oxygens (including phenoxy) is 1. The predicted octanol–water partition coefficient (Wildman–Crippen LogP) is 1.95. The molecule has 3 rings (SSSR count). The second kappa shape index (κ2) is 7.66. The second-order valence-corrected chi connectivity index (χ2v) is 5.74. The Morgan fingerprint density at radius 2 is 1.76 bits per heavy atom. The molecule has 0 spiro atoms. The molecule has 21 heavy (non-hydrogen) atoms. The van der Waals surface area contributed by atoms with Gasteiger partial charge in [-0.25, -0.2) is 0 Å². The molecule has 5 heteroatoms. The highest BCUT2D eigenvalue weighted by atomic mass is 35.5. The number of carbonyl (C=O) groups is 1. The highest BCUT2D eigenvalue weighted by molar-refractivity contribution is 5.85. The number of para-hydroxylation sites is 1. The zero-order valence-corrected chi connectivity index (χ0v) is 13.0. The first kappa shape index (κ1) is 16.1. The van der Waals surface area contributed by atoms with Crippen LogP contribution in [0.1, 0.15) is 12.8 Å². The van der Waals surface area contributed by atoms with Gasteiger partial charge in [0, 0.05) is 13.1 Å². The van der Waals surface area contributed by atoms with Gasteiger partial charge in [0.15, 0.2) is 6.61 Å². The summed E-state index contributed by atoms with van der Waals surface area (Å²) in [7, 11) is 0. The highest BCUT2D eigenvalue weighted by Gasteiger charge is 2.31. The zero-order chi connectivity index (χ0) is 13.8. The first-order valence-electron chi connectivity index (χ1n) is 7.49. The van der Waals surface area contributed by atoms with Gasteiger partial charge in [-0.1, -0.05) is 18.2 Å². The van der Waals surface area contributed by atoms with Crippen molar-refractivity contribution in [3.8, 4) is 5.75 Å². The number of rotatable bonds is 3. The van der Waals surface area contributed by atoms with Gasteiger partial charge in [-0.3, -0.25) is 4.79 Å². The number of fused-ring (bicyclic) bond motifs is 1. The van der Waals surface area contributed by atoms with Gasteiger partial charge in [0.05, 0.1) is 0 Å². The Kier molecular flexibility index (Phi) is 5.88. The molecule has 1 N–H and O–H groups in total. The van der Waals surface area contributed by atoms with Gasteiger partial charge >= 0.3 is 0 Å². The van der Waals surface area contributed by atoms with Crippen LogP contribution in [0.2, 0.25) is 0 Å². The zero-order valence-electron chi connectivity index (χ0n) is 12.2. The number of likely N-dealkylation sites (tertiary alicyclic amines) is 1. The summed E-state index contributed by atoms with van der Waals surface area (Å²) in [6.07, 6.45) is 2.24. The maximum Gasteiger partial charge on any atom is 0.260 e. The maximum absolute atomic E-state index is 12.2. The van der Waals surface area contributed by atoms with Crippen LogP contribution in [0.3, 0.4) is 0 Å². The van der Waals surface area contributed by atoms with Crippen molar-refractivity contribution in [1.29, 1.82) is 0 Å². The van der Waals surface area contributed by atoms with Crippen LogP contribution >= 0.6 is 12.4 Å². The quantitative estimate of drug-likeness (QED) is 0.928. The van der Waals surface area contributed by atoms with Crippen LogP contribution in [0.5, 0.6) is 5.75 Å². The first-order valence-corrected chi connectivity index (χ1v) is 7.49. The van der Waals surface area contributed by atoms with E-state index in [4.69, 9.17) is 4.74 Å². The summed E-state index contributed by atoms with van der Waals surface area (Å²) < 4.78 is 5.55. The summed E-state index contributed by atoms with van der Waals surface area (Å²) in [5.74, 6) is 2.38. The van der Waals surface area contributed by atoms with Crippen molar-refractivity contribution >= 4 is 18.3 Å². The number of hydrogen-bond donors (Lipinski definition) is 1. The van der Waals surface area contributed by atoms with E-state index in [-0.39, 0.29) is 24.9 Å². The van der Waals surface area contributed by atoms with Crippen LogP contribution in [0.4, 0.5) is 0 Å². The molecule has 0 aromatic heterocycles. The topological polar surface area (TPSA) is 41.6 Å². The lowest BCUT2D eigenvalue weighted by atomic mass is 9.92. The molecule has 2 heterocycles. The van der Waals surface area contributed by atoms with E-state index in [1.807, 2.05) is 35.2 Å². The van der Waals surface area contributed by atoms with Crippen molar-refractivity contribution in [3.63, 3.8) is 0 Å². The molecule has 2 fully saturated rings. The highest BCUT2D eigenvalue weighted by Crippen LogP contribution is 2.27. The molecule has 0 saturated carbocycles. The monoisotopic (exact) mass is 310 g/mol. The molecule has 1 aromatic carbocycles. The van der Waals surface area contributed by atoms with Crippen LogP contribution in [0.25, 0.3) is 0 Å². The standard InChI is InChI=1S/C16H22N2O2.ClH/c19-16(12-20-15-4-2-1-3-5-15)18-8-6-13-10-17-11-14(13)7-9-18;/h1-5,13-14,17H,6-12H2;1H/t13-,14+;. The molecular formula is C16H23ClN2O2. The number of hydrogen-bond acceptors (Lipinski definition) is 3. The minimum absolute atomic E-state index is 0. The summed E-state index contributed by atoms with van der Waals surface area (Å²) >= 11 is 0.